The molecule has 1 aromatic carbocycles. The van der Waals surface area contributed by atoms with E-state index in [1.165, 1.54) is 0 Å². The van der Waals surface area contributed by atoms with Crippen molar-refractivity contribution < 1.29 is 9.84 Å². The Morgan fingerprint density at radius 2 is 1.74 bits per heavy atom. The van der Waals surface area contributed by atoms with Gasteiger partial charge in [-0.1, -0.05) is 13.8 Å². The van der Waals surface area contributed by atoms with E-state index in [0.717, 1.165) is 31.7 Å². The van der Waals surface area contributed by atoms with Crippen molar-refractivity contribution in [2.45, 2.75) is 32.8 Å². The highest BCUT2D eigenvalue weighted by Crippen LogP contribution is 2.13. The first-order chi connectivity index (χ1) is 9.15. The molecule has 0 aliphatic heterocycles. The number of nitrogens with zero attached hydrogens (tertiary/aromatic N) is 1. The number of benzene rings is 1. The fraction of sp³-hybridized carbons (Fsp3) is 0.600. The van der Waals surface area contributed by atoms with Crippen molar-refractivity contribution in [1.29, 1.82) is 0 Å². The van der Waals surface area contributed by atoms with Crippen LogP contribution in [0.15, 0.2) is 24.3 Å². The molecule has 1 atom stereocenters. The summed E-state index contributed by atoms with van der Waals surface area (Å²) < 4.78 is 5.55. The summed E-state index contributed by atoms with van der Waals surface area (Å²) in [6.45, 7) is 7.32. The Morgan fingerprint density at radius 3 is 2.26 bits per heavy atom. The van der Waals surface area contributed by atoms with E-state index < -0.39 is 6.10 Å². The lowest BCUT2D eigenvalue weighted by Gasteiger charge is -2.24. The van der Waals surface area contributed by atoms with Crippen LogP contribution in [0.4, 0.5) is 5.69 Å². The zero-order valence-electron chi connectivity index (χ0n) is 12.0. The quantitative estimate of drug-likeness (QED) is 0.672. The van der Waals surface area contributed by atoms with E-state index >= 15 is 0 Å². The summed E-state index contributed by atoms with van der Waals surface area (Å²) in [6.07, 6.45) is 1.74. The summed E-state index contributed by atoms with van der Waals surface area (Å²) in [7, 11) is 0. The molecule has 4 nitrogen and oxygen atoms in total. The van der Waals surface area contributed by atoms with E-state index in [9.17, 15) is 5.11 Å². The van der Waals surface area contributed by atoms with Crippen molar-refractivity contribution in [3.05, 3.63) is 24.3 Å². The molecule has 108 valence electrons. The maximum absolute atomic E-state index is 10.00. The van der Waals surface area contributed by atoms with Gasteiger partial charge in [0.1, 0.15) is 18.5 Å². The lowest BCUT2D eigenvalue weighted by atomic mass is 10.3. The third-order valence-corrected chi connectivity index (χ3v) is 2.87. The molecule has 4 heteroatoms. The Bertz CT molecular complexity index is 335. The third kappa shape index (κ3) is 6.45. The van der Waals surface area contributed by atoms with Gasteiger partial charge in [0, 0.05) is 12.2 Å². The van der Waals surface area contributed by atoms with Crippen molar-refractivity contribution in [3.63, 3.8) is 0 Å². The topological polar surface area (TPSA) is 58.7 Å². The average molecular weight is 266 g/mol. The normalized spacial score (nSPS) is 12.6. The highest BCUT2D eigenvalue weighted by atomic mass is 16.5. The highest BCUT2D eigenvalue weighted by molar-refractivity contribution is 5.41. The van der Waals surface area contributed by atoms with Crippen molar-refractivity contribution in [2.24, 2.45) is 0 Å². The first-order valence-corrected chi connectivity index (χ1v) is 7.04. The summed E-state index contributed by atoms with van der Waals surface area (Å²) >= 11 is 0. The van der Waals surface area contributed by atoms with Crippen LogP contribution in [0.2, 0.25) is 0 Å². The SMILES string of the molecule is CCCN(CCC)CC(O)COc1ccc(N)cc1. The lowest BCUT2D eigenvalue weighted by molar-refractivity contribution is 0.0681. The Labute approximate surface area is 116 Å². The minimum Gasteiger partial charge on any atom is -0.491 e. The number of aliphatic hydroxyl groups excluding tert-OH is 1. The van der Waals surface area contributed by atoms with Gasteiger partial charge in [-0.2, -0.15) is 0 Å². The van der Waals surface area contributed by atoms with Crippen LogP contribution in [-0.4, -0.2) is 42.4 Å². The molecule has 0 amide bonds. The zero-order valence-corrected chi connectivity index (χ0v) is 12.0. The van der Waals surface area contributed by atoms with Gasteiger partial charge < -0.3 is 20.5 Å². The second-order valence-electron chi connectivity index (χ2n) is 4.83. The molecule has 1 aromatic rings. The largest absolute Gasteiger partial charge is 0.491 e. The third-order valence-electron chi connectivity index (χ3n) is 2.87. The Morgan fingerprint density at radius 1 is 1.16 bits per heavy atom. The molecule has 19 heavy (non-hydrogen) atoms. The van der Waals surface area contributed by atoms with Crippen LogP contribution in [0.1, 0.15) is 26.7 Å². The second-order valence-corrected chi connectivity index (χ2v) is 4.83. The molecule has 0 radical (unpaired) electrons. The van der Waals surface area contributed by atoms with E-state index in [1.54, 1.807) is 12.1 Å². The summed E-state index contributed by atoms with van der Waals surface area (Å²) in [6, 6.07) is 7.22. The Kier molecular flexibility index (Phi) is 7.30. The van der Waals surface area contributed by atoms with Crippen molar-refractivity contribution in [1.82, 2.24) is 4.90 Å². The van der Waals surface area contributed by atoms with Gasteiger partial charge in [0.2, 0.25) is 0 Å². The molecule has 0 aliphatic rings. The number of nitrogens with two attached hydrogens (primary N) is 1. The van der Waals surface area contributed by atoms with Crippen LogP contribution < -0.4 is 10.5 Å². The molecule has 0 saturated heterocycles. The molecule has 0 fully saturated rings. The zero-order chi connectivity index (χ0) is 14.1. The highest BCUT2D eigenvalue weighted by Gasteiger charge is 2.11. The molecule has 1 unspecified atom stereocenters. The fourth-order valence-corrected chi connectivity index (χ4v) is 2.03. The number of hydrogen-bond donors (Lipinski definition) is 2. The number of hydrogen-bond acceptors (Lipinski definition) is 4. The smallest absolute Gasteiger partial charge is 0.119 e. The molecular weight excluding hydrogens is 240 g/mol. The molecule has 0 bridgehead atoms. The molecule has 1 rings (SSSR count). The van der Waals surface area contributed by atoms with Crippen molar-refractivity contribution in [3.8, 4) is 5.75 Å². The van der Waals surface area contributed by atoms with Gasteiger partial charge in [0.25, 0.3) is 0 Å². The van der Waals surface area contributed by atoms with Gasteiger partial charge >= 0.3 is 0 Å². The molecule has 0 aromatic heterocycles. The number of rotatable bonds is 9. The molecule has 0 heterocycles. The monoisotopic (exact) mass is 266 g/mol. The van der Waals surface area contributed by atoms with E-state index in [1.807, 2.05) is 12.1 Å². The molecule has 3 N–H and O–H groups in total. The molecule has 0 aliphatic carbocycles. The average Bonchev–Trinajstić information content (AvgIpc) is 2.39. The van der Waals surface area contributed by atoms with E-state index in [-0.39, 0.29) is 0 Å². The standard InChI is InChI=1S/C15H26N2O2/c1-3-9-17(10-4-2)11-14(18)12-19-15-7-5-13(16)6-8-15/h5-8,14,18H,3-4,9-12,16H2,1-2H3. The van der Waals surface area contributed by atoms with Gasteiger partial charge in [0.05, 0.1) is 0 Å². The van der Waals surface area contributed by atoms with Crippen LogP contribution in [0.5, 0.6) is 5.75 Å². The van der Waals surface area contributed by atoms with Gasteiger partial charge in [-0.25, -0.2) is 0 Å². The maximum Gasteiger partial charge on any atom is 0.119 e. The van der Waals surface area contributed by atoms with Gasteiger partial charge in [-0.3, -0.25) is 0 Å². The van der Waals surface area contributed by atoms with Crippen molar-refractivity contribution >= 4 is 5.69 Å². The Balaban J connectivity index is 2.33. The number of nitrogen functional groups attached to an aromatic ring is 1. The number of ether oxygens (including phenoxy) is 1. The fourth-order valence-electron chi connectivity index (χ4n) is 2.03. The predicted molar refractivity (Wildman–Crippen MR) is 79.4 cm³/mol. The number of anilines is 1. The molecule has 0 saturated carbocycles. The van der Waals surface area contributed by atoms with Crippen LogP contribution in [-0.2, 0) is 0 Å². The summed E-state index contributed by atoms with van der Waals surface area (Å²) in [5.74, 6) is 0.741. The van der Waals surface area contributed by atoms with Gasteiger partial charge in [0.15, 0.2) is 0 Å². The van der Waals surface area contributed by atoms with Gasteiger partial charge in [-0.05, 0) is 50.2 Å². The van der Waals surface area contributed by atoms with Crippen LogP contribution in [0.3, 0.4) is 0 Å². The van der Waals surface area contributed by atoms with Crippen LogP contribution in [0, 0.1) is 0 Å². The Hall–Kier alpha value is -1.26. The van der Waals surface area contributed by atoms with Crippen LogP contribution >= 0.6 is 0 Å². The van der Waals surface area contributed by atoms with E-state index in [4.69, 9.17) is 10.5 Å². The molecular formula is C15H26N2O2. The first kappa shape index (κ1) is 15.8. The summed E-state index contributed by atoms with van der Waals surface area (Å²) in [5.41, 5.74) is 6.32. The minimum atomic E-state index is -0.462. The lowest BCUT2D eigenvalue weighted by Crippen LogP contribution is -2.36. The minimum absolute atomic E-state index is 0.313. The summed E-state index contributed by atoms with van der Waals surface area (Å²) in [4.78, 5) is 2.27. The van der Waals surface area contributed by atoms with Crippen molar-refractivity contribution in [2.75, 3.05) is 32.0 Å². The second kappa shape index (κ2) is 8.77. The van der Waals surface area contributed by atoms with Crippen LogP contribution in [0.25, 0.3) is 0 Å². The van der Waals surface area contributed by atoms with E-state index in [0.29, 0.717) is 18.8 Å². The van der Waals surface area contributed by atoms with Gasteiger partial charge in [-0.15, -0.1) is 0 Å². The predicted octanol–water partition coefficient (Wildman–Crippen LogP) is 2.13. The maximum atomic E-state index is 10.00. The first-order valence-electron chi connectivity index (χ1n) is 7.04. The summed E-state index contributed by atoms with van der Waals surface area (Å²) in [5, 5.41) is 10.00. The molecule has 0 spiro atoms. The van der Waals surface area contributed by atoms with E-state index in [2.05, 4.69) is 18.7 Å². The number of aliphatic hydroxyl groups is 1.